The predicted molar refractivity (Wildman–Crippen MR) is 90.9 cm³/mol. The fourth-order valence-electron chi connectivity index (χ4n) is 3.20. The lowest BCUT2D eigenvalue weighted by atomic mass is 9.74. The zero-order valence-electron chi connectivity index (χ0n) is 15.0. The van der Waals surface area contributed by atoms with Gasteiger partial charge in [0.2, 0.25) is 5.91 Å². The lowest BCUT2D eigenvalue weighted by Crippen LogP contribution is -2.52. The van der Waals surface area contributed by atoms with E-state index in [1.807, 2.05) is 6.92 Å². The second-order valence-electron chi connectivity index (χ2n) is 6.91. The van der Waals surface area contributed by atoms with E-state index in [4.69, 9.17) is 15.2 Å². The highest BCUT2D eigenvalue weighted by atomic mass is 19.4. The summed E-state index contributed by atoms with van der Waals surface area (Å²) in [5.41, 5.74) is 6.42. The van der Waals surface area contributed by atoms with E-state index in [1.165, 1.54) is 13.2 Å². The van der Waals surface area contributed by atoms with Gasteiger partial charge in [0.15, 0.2) is 18.1 Å². The molecule has 0 saturated heterocycles. The average Bonchev–Trinajstić information content (AvgIpc) is 2.57. The van der Waals surface area contributed by atoms with Crippen molar-refractivity contribution in [3.63, 3.8) is 0 Å². The van der Waals surface area contributed by atoms with Gasteiger partial charge >= 0.3 is 6.18 Å². The number of benzene rings is 1. The Kier molecular flexibility index (Phi) is 6.39. The SMILES string of the molecule is COc1cc(CNC(=O)C2CCCCC2(C)N)ccc1OCC(F)(F)F. The second kappa shape index (κ2) is 8.16. The van der Waals surface area contributed by atoms with Crippen molar-refractivity contribution in [3.8, 4) is 11.5 Å². The zero-order chi connectivity index (χ0) is 19.4. The minimum atomic E-state index is -4.42. The lowest BCUT2D eigenvalue weighted by Gasteiger charge is -2.37. The molecule has 0 spiro atoms. The molecule has 1 aromatic carbocycles. The summed E-state index contributed by atoms with van der Waals surface area (Å²) in [7, 11) is 1.35. The summed E-state index contributed by atoms with van der Waals surface area (Å²) in [6, 6.07) is 4.55. The zero-order valence-corrected chi connectivity index (χ0v) is 15.0. The van der Waals surface area contributed by atoms with Gasteiger partial charge in [0.1, 0.15) is 0 Å². The molecule has 0 heterocycles. The first-order valence-electron chi connectivity index (χ1n) is 8.55. The quantitative estimate of drug-likeness (QED) is 0.802. The number of hydrogen-bond acceptors (Lipinski definition) is 4. The number of carbonyl (C=O) groups excluding carboxylic acids is 1. The minimum absolute atomic E-state index is 0.00159. The summed E-state index contributed by atoms with van der Waals surface area (Å²) in [5.74, 6) is -0.164. The third-order valence-electron chi connectivity index (χ3n) is 4.66. The van der Waals surface area contributed by atoms with E-state index in [0.29, 0.717) is 5.56 Å². The van der Waals surface area contributed by atoms with Gasteiger partial charge in [-0.05, 0) is 37.5 Å². The third kappa shape index (κ3) is 5.52. The van der Waals surface area contributed by atoms with E-state index >= 15 is 0 Å². The summed E-state index contributed by atoms with van der Waals surface area (Å²) >= 11 is 0. The van der Waals surface area contributed by atoms with Gasteiger partial charge in [-0.1, -0.05) is 18.9 Å². The molecule has 26 heavy (non-hydrogen) atoms. The van der Waals surface area contributed by atoms with Crippen LogP contribution >= 0.6 is 0 Å². The van der Waals surface area contributed by atoms with Crippen LogP contribution in [0.4, 0.5) is 13.2 Å². The van der Waals surface area contributed by atoms with Crippen molar-refractivity contribution in [1.29, 1.82) is 0 Å². The molecule has 5 nitrogen and oxygen atoms in total. The summed E-state index contributed by atoms with van der Waals surface area (Å²) in [6.07, 6.45) is -0.861. The number of ether oxygens (including phenoxy) is 2. The lowest BCUT2D eigenvalue weighted by molar-refractivity contribution is -0.153. The van der Waals surface area contributed by atoms with Crippen molar-refractivity contribution < 1.29 is 27.4 Å². The van der Waals surface area contributed by atoms with Gasteiger partial charge in [-0.25, -0.2) is 0 Å². The van der Waals surface area contributed by atoms with Crippen molar-refractivity contribution in [2.45, 2.75) is 50.9 Å². The molecule has 146 valence electrons. The first-order chi connectivity index (χ1) is 12.1. The third-order valence-corrected chi connectivity index (χ3v) is 4.66. The molecule has 2 atom stereocenters. The first-order valence-corrected chi connectivity index (χ1v) is 8.55. The van der Waals surface area contributed by atoms with Crippen LogP contribution in [0.15, 0.2) is 18.2 Å². The molecule has 1 aromatic rings. The molecule has 0 bridgehead atoms. The van der Waals surface area contributed by atoms with Crippen LogP contribution in [0, 0.1) is 5.92 Å². The number of nitrogens with one attached hydrogen (secondary N) is 1. The smallest absolute Gasteiger partial charge is 0.422 e. The number of nitrogens with two attached hydrogens (primary N) is 1. The molecule has 1 aliphatic rings. The molecule has 0 aliphatic heterocycles. The van der Waals surface area contributed by atoms with Crippen molar-refractivity contribution in [3.05, 3.63) is 23.8 Å². The van der Waals surface area contributed by atoms with E-state index in [2.05, 4.69) is 5.32 Å². The molecule has 1 saturated carbocycles. The number of amides is 1. The molecule has 0 radical (unpaired) electrons. The van der Waals surface area contributed by atoms with E-state index in [9.17, 15) is 18.0 Å². The minimum Gasteiger partial charge on any atom is -0.493 e. The second-order valence-corrected chi connectivity index (χ2v) is 6.91. The fourth-order valence-corrected chi connectivity index (χ4v) is 3.20. The topological polar surface area (TPSA) is 73.6 Å². The molecule has 8 heteroatoms. The highest BCUT2D eigenvalue weighted by molar-refractivity contribution is 5.80. The molecule has 2 rings (SSSR count). The summed E-state index contributed by atoms with van der Waals surface area (Å²) < 4.78 is 46.7. The van der Waals surface area contributed by atoms with Crippen LogP contribution in [0.1, 0.15) is 38.2 Å². The maximum atomic E-state index is 12.4. The van der Waals surface area contributed by atoms with Crippen molar-refractivity contribution >= 4 is 5.91 Å². The number of rotatable bonds is 6. The molecular formula is C18H25F3N2O3. The average molecular weight is 374 g/mol. The summed E-state index contributed by atoms with van der Waals surface area (Å²) in [5, 5.41) is 2.86. The molecule has 1 amide bonds. The van der Waals surface area contributed by atoms with Gasteiger partial charge < -0.3 is 20.5 Å². The Labute approximate surface area is 151 Å². The van der Waals surface area contributed by atoms with Gasteiger partial charge in [0.05, 0.1) is 13.0 Å². The highest BCUT2D eigenvalue weighted by Crippen LogP contribution is 2.32. The maximum Gasteiger partial charge on any atom is 0.422 e. The molecule has 0 aromatic heterocycles. The van der Waals surface area contributed by atoms with Crippen LogP contribution in [0.25, 0.3) is 0 Å². The number of halogens is 3. The first kappa shape index (κ1) is 20.4. The summed E-state index contributed by atoms with van der Waals surface area (Å²) in [6.45, 7) is 0.740. The normalized spacial score (nSPS) is 23.4. The van der Waals surface area contributed by atoms with E-state index in [-0.39, 0.29) is 29.9 Å². The largest absolute Gasteiger partial charge is 0.493 e. The van der Waals surface area contributed by atoms with Crippen LogP contribution in [-0.4, -0.2) is 31.3 Å². The van der Waals surface area contributed by atoms with Crippen LogP contribution in [0.2, 0.25) is 0 Å². The van der Waals surface area contributed by atoms with Gasteiger partial charge in [-0.3, -0.25) is 4.79 Å². The Hall–Kier alpha value is -1.96. The molecule has 1 fully saturated rings. The van der Waals surface area contributed by atoms with Gasteiger partial charge in [-0.15, -0.1) is 0 Å². The van der Waals surface area contributed by atoms with Crippen LogP contribution < -0.4 is 20.5 Å². The van der Waals surface area contributed by atoms with Crippen LogP contribution in [-0.2, 0) is 11.3 Å². The number of carbonyl (C=O) groups is 1. The van der Waals surface area contributed by atoms with E-state index in [1.54, 1.807) is 12.1 Å². The Morgan fingerprint density at radius 1 is 1.35 bits per heavy atom. The van der Waals surface area contributed by atoms with Crippen molar-refractivity contribution in [2.75, 3.05) is 13.7 Å². The van der Waals surface area contributed by atoms with Crippen molar-refractivity contribution in [2.24, 2.45) is 11.7 Å². The number of alkyl halides is 3. The maximum absolute atomic E-state index is 12.4. The Balaban J connectivity index is 1.98. The molecule has 1 aliphatic carbocycles. The van der Waals surface area contributed by atoms with Crippen LogP contribution in [0.5, 0.6) is 11.5 Å². The van der Waals surface area contributed by atoms with Crippen LogP contribution in [0.3, 0.4) is 0 Å². The Bertz CT molecular complexity index is 633. The van der Waals surface area contributed by atoms with Crippen molar-refractivity contribution in [1.82, 2.24) is 5.32 Å². The molecule has 3 N–H and O–H groups in total. The number of methoxy groups -OCH3 is 1. The van der Waals surface area contributed by atoms with E-state index in [0.717, 1.165) is 25.7 Å². The fraction of sp³-hybridized carbons (Fsp3) is 0.611. The highest BCUT2D eigenvalue weighted by Gasteiger charge is 2.37. The number of hydrogen-bond donors (Lipinski definition) is 2. The summed E-state index contributed by atoms with van der Waals surface area (Å²) in [4.78, 5) is 12.4. The van der Waals surface area contributed by atoms with E-state index < -0.39 is 18.3 Å². The molecule has 2 unspecified atom stereocenters. The van der Waals surface area contributed by atoms with Gasteiger partial charge in [0, 0.05) is 12.1 Å². The monoisotopic (exact) mass is 374 g/mol. The Morgan fingerprint density at radius 3 is 2.69 bits per heavy atom. The Morgan fingerprint density at radius 2 is 2.08 bits per heavy atom. The standard InChI is InChI=1S/C18H25F3N2O3/c1-17(22)8-4-3-5-13(17)16(24)23-10-12-6-7-14(15(9-12)25-2)26-11-18(19,20)21/h6-7,9,13H,3-5,8,10-11,22H2,1-2H3,(H,23,24). The van der Waals surface area contributed by atoms with Gasteiger partial charge in [0.25, 0.3) is 0 Å². The predicted octanol–water partition coefficient (Wildman–Crippen LogP) is 3.16. The molecular weight excluding hydrogens is 349 g/mol. The van der Waals surface area contributed by atoms with Gasteiger partial charge in [-0.2, -0.15) is 13.2 Å².